The summed E-state index contributed by atoms with van der Waals surface area (Å²) in [5, 5.41) is 52.0. The molecule has 0 saturated heterocycles. The van der Waals surface area contributed by atoms with E-state index in [1.54, 1.807) is 12.4 Å². The van der Waals surface area contributed by atoms with Crippen LogP contribution in [0.1, 0.15) is 19.4 Å². The molecule has 0 amide bonds. The van der Waals surface area contributed by atoms with Crippen LogP contribution in [0.25, 0.3) is 11.0 Å². The molecule has 0 aliphatic heterocycles. The highest BCUT2D eigenvalue weighted by molar-refractivity contribution is 5.74. The summed E-state index contributed by atoms with van der Waals surface area (Å²) in [7, 11) is 0. The number of phenols is 1. The molecule has 15 heteroatoms. The van der Waals surface area contributed by atoms with Crippen molar-refractivity contribution in [1.82, 2.24) is 20.0 Å². The van der Waals surface area contributed by atoms with E-state index < -0.39 is 37.6 Å². The lowest BCUT2D eigenvalue weighted by atomic mass is 10.2. The highest BCUT2D eigenvalue weighted by atomic mass is 16.6. The molecule has 0 aliphatic rings. The predicted octanol–water partition coefficient (Wildman–Crippen LogP) is 4.01. The third-order valence-corrected chi connectivity index (χ3v) is 5.03. The lowest BCUT2D eigenvalue weighted by Crippen LogP contribution is -2.12. The first kappa shape index (κ1) is 25.4. The number of benzene rings is 2. The van der Waals surface area contributed by atoms with Gasteiger partial charge in [0.05, 0.1) is 38.5 Å². The summed E-state index contributed by atoms with van der Waals surface area (Å²) in [6, 6.07) is 13.2. The molecular formula is C21H20N8O7. The molecule has 0 bridgehead atoms. The number of hydrogen-bond donors (Lipinski definition) is 2. The molecular weight excluding hydrogens is 476 g/mol. The molecule has 2 aromatic carbocycles. The number of pyridine rings is 1. The van der Waals surface area contributed by atoms with Crippen molar-refractivity contribution in [3.8, 4) is 5.75 Å². The van der Waals surface area contributed by atoms with Crippen LogP contribution in [0.2, 0.25) is 0 Å². The van der Waals surface area contributed by atoms with Crippen molar-refractivity contribution in [2.75, 3.05) is 11.9 Å². The largest absolute Gasteiger partial charge is 0.497 e. The average molecular weight is 496 g/mol. The van der Waals surface area contributed by atoms with Gasteiger partial charge in [0, 0.05) is 24.6 Å². The zero-order valence-corrected chi connectivity index (χ0v) is 18.8. The first-order valence-electron chi connectivity index (χ1n) is 10.4. The third-order valence-electron chi connectivity index (χ3n) is 5.03. The van der Waals surface area contributed by atoms with Crippen LogP contribution >= 0.6 is 0 Å². The molecule has 2 N–H and O–H groups in total. The fourth-order valence-corrected chi connectivity index (χ4v) is 3.20. The lowest BCUT2D eigenvalue weighted by molar-refractivity contribution is -0.404. The molecule has 186 valence electrons. The minimum absolute atomic E-state index is 0.303. The number of nitrogens with zero attached hydrogens (tertiary/aromatic N) is 7. The second kappa shape index (κ2) is 11.3. The topological polar surface area (TPSA) is 205 Å². The second-order valence-electron chi connectivity index (χ2n) is 7.43. The van der Waals surface area contributed by atoms with Crippen molar-refractivity contribution in [2.45, 2.75) is 19.4 Å². The number of anilines is 1. The van der Waals surface area contributed by atoms with Gasteiger partial charge in [-0.1, -0.05) is 17.3 Å². The summed E-state index contributed by atoms with van der Waals surface area (Å²) in [4.78, 5) is 31.8. The average Bonchev–Trinajstić information content (AvgIpc) is 3.29. The Hall–Kier alpha value is -5.21. The molecule has 0 spiro atoms. The number of hydrogen-bond acceptors (Lipinski definition) is 11. The molecule has 0 aliphatic carbocycles. The molecule has 2 heterocycles. The van der Waals surface area contributed by atoms with E-state index in [0.29, 0.717) is 18.2 Å². The Kier molecular flexibility index (Phi) is 7.96. The smallest absolute Gasteiger partial charge is 0.324 e. The van der Waals surface area contributed by atoms with E-state index >= 15 is 0 Å². The van der Waals surface area contributed by atoms with Gasteiger partial charge in [0.2, 0.25) is 0 Å². The van der Waals surface area contributed by atoms with Crippen LogP contribution in [-0.2, 0) is 0 Å². The van der Waals surface area contributed by atoms with E-state index in [0.717, 1.165) is 29.7 Å². The maximum absolute atomic E-state index is 10.4. The van der Waals surface area contributed by atoms with Gasteiger partial charge in [0.25, 0.3) is 11.4 Å². The van der Waals surface area contributed by atoms with Crippen LogP contribution in [-0.4, -0.2) is 46.4 Å². The van der Waals surface area contributed by atoms with Gasteiger partial charge in [-0.3, -0.25) is 35.3 Å². The number of nitro benzene ring substituents is 3. The fraction of sp³-hybridized carbons (Fsp3) is 0.190. The number of aromatic hydroxyl groups is 1. The highest BCUT2D eigenvalue weighted by Gasteiger charge is 2.30. The van der Waals surface area contributed by atoms with Gasteiger partial charge in [-0.05, 0) is 37.6 Å². The summed E-state index contributed by atoms with van der Waals surface area (Å²) in [5.41, 5.74) is 0.124. The van der Waals surface area contributed by atoms with Crippen molar-refractivity contribution in [2.24, 2.45) is 0 Å². The predicted molar refractivity (Wildman–Crippen MR) is 128 cm³/mol. The molecule has 4 rings (SSSR count). The van der Waals surface area contributed by atoms with Gasteiger partial charge in [0.1, 0.15) is 5.52 Å². The van der Waals surface area contributed by atoms with E-state index in [-0.39, 0.29) is 0 Å². The molecule has 4 aromatic rings. The first-order chi connectivity index (χ1) is 17.2. The maximum Gasteiger partial charge on any atom is 0.324 e. The van der Waals surface area contributed by atoms with Crippen molar-refractivity contribution in [3.63, 3.8) is 0 Å². The van der Waals surface area contributed by atoms with Crippen molar-refractivity contribution in [3.05, 3.63) is 91.3 Å². The van der Waals surface area contributed by atoms with Crippen molar-refractivity contribution < 1.29 is 19.9 Å². The monoisotopic (exact) mass is 496 g/mol. The summed E-state index contributed by atoms with van der Waals surface area (Å²) in [6.45, 7) is 3.05. The summed E-state index contributed by atoms with van der Waals surface area (Å²) in [5.74, 6) is -1.21. The third kappa shape index (κ3) is 6.02. The van der Waals surface area contributed by atoms with E-state index in [9.17, 15) is 30.3 Å². The van der Waals surface area contributed by atoms with Crippen LogP contribution in [0, 0.1) is 30.3 Å². The van der Waals surface area contributed by atoms with E-state index in [4.69, 9.17) is 5.11 Å². The van der Waals surface area contributed by atoms with Crippen LogP contribution in [0.4, 0.5) is 22.7 Å². The minimum Gasteiger partial charge on any atom is -0.497 e. The first-order valence-corrected chi connectivity index (χ1v) is 10.4. The number of fused-ring (bicyclic) bond motifs is 1. The van der Waals surface area contributed by atoms with E-state index in [1.165, 1.54) is 0 Å². The number of non-ortho nitro benzene ring substituents is 1. The molecule has 0 saturated carbocycles. The Labute approximate surface area is 202 Å². The molecule has 36 heavy (non-hydrogen) atoms. The Morgan fingerprint density at radius 2 is 1.58 bits per heavy atom. The molecule has 1 unspecified atom stereocenters. The van der Waals surface area contributed by atoms with Gasteiger partial charge in [-0.15, -0.1) is 5.10 Å². The Bertz CT molecular complexity index is 1360. The zero-order valence-electron chi connectivity index (χ0n) is 18.8. The number of nitro groups is 3. The maximum atomic E-state index is 10.4. The van der Waals surface area contributed by atoms with Crippen molar-refractivity contribution in [1.29, 1.82) is 0 Å². The van der Waals surface area contributed by atoms with Gasteiger partial charge < -0.3 is 10.4 Å². The van der Waals surface area contributed by atoms with E-state index in [1.807, 2.05) is 35.0 Å². The number of phenolic OH excluding ortho intramolecular Hbond substituents is 1. The van der Waals surface area contributed by atoms with Crippen LogP contribution in [0.15, 0.2) is 60.9 Å². The SMILES string of the molecule is CC(CCNc1ccncc1)n1nnc2ccccc21.O=[N+]([O-])c1cc([N+](=O)[O-])c(O)c([N+](=O)[O-])c1. The number of rotatable bonds is 8. The van der Waals surface area contributed by atoms with Gasteiger partial charge in [0.15, 0.2) is 0 Å². The zero-order chi connectivity index (χ0) is 26.2. The standard InChI is InChI=1S/C15H17N5.C6H3N3O7/c1-12(6-11-17-13-7-9-16-10-8-13)20-15-5-3-2-4-14(15)18-19-20;10-6-4(8(13)14)1-3(7(11)12)2-5(6)9(15)16/h2-5,7-10,12H,6,11H2,1H3,(H,16,17);1-2,10H. The van der Waals surface area contributed by atoms with Gasteiger partial charge >= 0.3 is 11.4 Å². The quantitative estimate of drug-likeness (QED) is 0.263. The Morgan fingerprint density at radius 3 is 2.17 bits per heavy atom. The summed E-state index contributed by atoms with van der Waals surface area (Å²) >= 11 is 0. The van der Waals surface area contributed by atoms with Crippen LogP contribution in [0.3, 0.4) is 0 Å². The molecule has 0 radical (unpaired) electrons. The normalized spacial score (nSPS) is 11.2. The van der Waals surface area contributed by atoms with Gasteiger partial charge in [-0.25, -0.2) is 4.68 Å². The summed E-state index contributed by atoms with van der Waals surface area (Å²) in [6.07, 6.45) is 4.56. The highest BCUT2D eigenvalue weighted by Crippen LogP contribution is 2.38. The van der Waals surface area contributed by atoms with Crippen LogP contribution in [0.5, 0.6) is 5.75 Å². The molecule has 2 aromatic heterocycles. The minimum atomic E-state index is -1.21. The van der Waals surface area contributed by atoms with Gasteiger partial charge in [-0.2, -0.15) is 0 Å². The number of aromatic nitrogens is 4. The van der Waals surface area contributed by atoms with Crippen LogP contribution < -0.4 is 5.32 Å². The number of nitrogens with one attached hydrogen (secondary N) is 1. The Balaban J connectivity index is 0.000000207. The fourth-order valence-electron chi connectivity index (χ4n) is 3.20. The second-order valence-corrected chi connectivity index (χ2v) is 7.43. The molecule has 15 nitrogen and oxygen atoms in total. The number of para-hydroxylation sites is 1. The molecule has 0 fully saturated rings. The summed E-state index contributed by atoms with van der Waals surface area (Å²) < 4.78 is 1.99. The molecule has 1 atom stereocenters. The van der Waals surface area contributed by atoms with Crippen molar-refractivity contribution >= 4 is 33.8 Å². The lowest BCUT2D eigenvalue weighted by Gasteiger charge is -2.13. The van der Waals surface area contributed by atoms with E-state index in [2.05, 4.69) is 33.6 Å². The Morgan fingerprint density at radius 1 is 0.972 bits per heavy atom.